The first kappa shape index (κ1) is 15.9. The van der Waals surface area contributed by atoms with E-state index in [1.54, 1.807) is 0 Å². The Labute approximate surface area is 145 Å². The van der Waals surface area contributed by atoms with Crippen LogP contribution in [-0.2, 0) is 4.74 Å². The summed E-state index contributed by atoms with van der Waals surface area (Å²) in [4.78, 5) is 2.46. The third-order valence-electron chi connectivity index (χ3n) is 4.49. The molecule has 0 aliphatic carbocycles. The first-order valence-corrected chi connectivity index (χ1v) is 8.47. The van der Waals surface area contributed by atoms with Crippen molar-refractivity contribution in [3.8, 4) is 0 Å². The van der Waals surface area contributed by atoms with Gasteiger partial charge in [-0.05, 0) is 35.0 Å². The number of anilines is 1. The van der Waals surface area contributed by atoms with E-state index in [1.807, 2.05) is 12.1 Å². The Balaban J connectivity index is 1.53. The summed E-state index contributed by atoms with van der Waals surface area (Å²) in [6, 6.07) is 12.7. The highest BCUT2D eigenvalue weighted by Crippen LogP contribution is 2.23. The van der Waals surface area contributed by atoms with Crippen molar-refractivity contribution in [3.63, 3.8) is 0 Å². The molecule has 0 radical (unpaired) electrons. The quantitative estimate of drug-likeness (QED) is 0.751. The molecule has 0 bridgehead atoms. The van der Waals surface area contributed by atoms with Crippen LogP contribution in [0.5, 0.6) is 0 Å². The monoisotopic (exact) mass is 339 g/mol. The Bertz CT molecular complexity index is 826. The van der Waals surface area contributed by atoms with Gasteiger partial charge in [0.1, 0.15) is 5.82 Å². The molecular formula is C17H21N7O. The van der Waals surface area contributed by atoms with Crippen LogP contribution in [-0.4, -0.2) is 63.0 Å². The molecule has 1 atom stereocenters. The van der Waals surface area contributed by atoms with E-state index in [-0.39, 0.29) is 6.04 Å². The van der Waals surface area contributed by atoms with Crippen molar-refractivity contribution in [1.29, 1.82) is 0 Å². The summed E-state index contributed by atoms with van der Waals surface area (Å²) in [5, 5.41) is 19.1. The lowest BCUT2D eigenvalue weighted by atomic mass is 10.0. The number of aryl methyl sites for hydroxylation is 1. The van der Waals surface area contributed by atoms with Crippen LogP contribution in [0, 0.1) is 6.92 Å². The van der Waals surface area contributed by atoms with Gasteiger partial charge < -0.3 is 10.1 Å². The second-order valence-electron chi connectivity index (χ2n) is 6.20. The highest BCUT2D eigenvalue weighted by molar-refractivity contribution is 5.42. The summed E-state index contributed by atoms with van der Waals surface area (Å²) in [5.41, 5.74) is 3.19. The fraction of sp³-hybridized carbons (Fsp3) is 0.412. The van der Waals surface area contributed by atoms with Gasteiger partial charge in [-0.3, -0.25) is 4.90 Å². The average molecular weight is 339 g/mol. The number of tetrazole rings is 1. The summed E-state index contributed by atoms with van der Waals surface area (Å²) in [6.07, 6.45) is 0. The fourth-order valence-corrected chi connectivity index (χ4v) is 3.08. The zero-order valence-electron chi connectivity index (χ0n) is 14.2. The van der Waals surface area contributed by atoms with E-state index < -0.39 is 0 Å². The zero-order chi connectivity index (χ0) is 17.1. The lowest BCUT2D eigenvalue weighted by molar-refractivity contribution is 0.0187. The lowest BCUT2D eigenvalue weighted by Gasteiger charge is -2.35. The highest BCUT2D eigenvalue weighted by atomic mass is 16.5. The number of nitrogens with one attached hydrogen (secondary N) is 1. The maximum absolute atomic E-state index is 5.51. The normalized spacial score (nSPS) is 16.8. The molecule has 0 spiro atoms. The first-order valence-electron chi connectivity index (χ1n) is 8.47. The van der Waals surface area contributed by atoms with E-state index >= 15 is 0 Å². The van der Waals surface area contributed by atoms with Crippen molar-refractivity contribution in [2.45, 2.75) is 13.0 Å². The SMILES string of the molecule is Cc1ccc(C(CNc2ccc3nnnn3n2)N2CCOCC2)cc1. The minimum absolute atomic E-state index is 0.260. The minimum Gasteiger partial charge on any atom is -0.379 e. The molecule has 1 fully saturated rings. The Hall–Kier alpha value is -2.58. The van der Waals surface area contributed by atoms with E-state index in [0.29, 0.717) is 5.65 Å². The number of fused-ring (bicyclic) bond motifs is 1. The Morgan fingerprint density at radius 2 is 1.92 bits per heavy atom. The van der Waals surface area contributed by atoms with Crippen molar-refractivity contribution >= 4 is 11.5 Å². The second-order valence-corrected chi connectivity index (χ2v) is 6.20. The van der Waals surface area contributed by atoms with Gasteiger partial charge in [-0.2, -0.15) is 0 Å². The van der Waals surface area contributed by atoms with E-state index in [1.165, 1.54) is 15.8 Å². The number of aromatic nitrogens is 5. The Morgan fingerprint density at radius 3 is 2.72 bits per heavy atom. The van der Waals surface area contributed by atoms with Gasteiger partial charge in [0.05, 0.1) is 19.3 Å². The molecule has 1 N–H and O–H groups in total. The number of hydrogen-bond donors (Lipinski definition) is 1. The average Bonchev–Trinajstić information content (AvgIpc) is 3.12. The first-order chi connectivity index (χ1) is 12.3. The zero-order valence-corrected chi connectivity index (χ0v) is 14.2. The van der Waals surface area contributed by atoms with Crippen molar-refractivity contribution in [2.75, 3.05) is 38.2 Å². The molecule has 1 unspecified atom stereocenters. The summed E-state index contributed by atoms with van der Waals surface area (Å²) >= 11 is 0. The number of ether oxygens (including phenoxy) is 1. The van der Waals surface area contributed by atoms with Crippen LogP contribution in [0.15, 0.2) is 36.4 Å². The number of nitrogens with zero attached hydrogens (tertiary/aromatic N) is 6. The molecule has 1 aromatic carbocycles. The molecular weight excluding hydrogens is 318 g/mol. The molecule has 130 valence electrons. The third-order valence-corrected chi connectivity index (χ3v) is 4.49. The summed E-state index contributed by atoms with van der Waals surface area (Å²) in [5.74, 6) is 0.755. The van der Waals surface area contributed by atoms with Crippen molar-refractivity contribution in [1.82, 2.24) is 30.2 Å². The van der Waals surface area contributed by atoms with Gasteiger partial charge in [0, 0.05) is 19.6 Å². The smallest absolute Gasteiger partial charge is 0.200 e. The van der Waals surface area contributed by atoms with Crippen LogP contribution < -0.4 is 5.32 Å². The van der Waals surface area contributed by atoms with Crippen molar-refractivity contribution in [3.05, 3.63) is 47.5 Å². The predicted molar refractivity (Wildman–Crippen MR) is 93.4 cm³/mol. The summed E-state index contributed by atoms with van der Waals surface area (Å²) in [6.45, 7) is 6.27. The van der Waals surface area contributed by atoms with Crippen LogP contribution in [0.25, 0.3) is 5.65 Å². The molecule has 3 heterocycles. The number of rotatable bonds is 5. The van der Waals surface area contributed by atoms with Gasteiger partial charge in [-0.15, -0.1) is 14.8 Å². The molecule has 1 aliphatic heterocycles. The molecule has 8 nitrogen and oxygen atoms in total. The van der Waals surface area contributed by atoms with Gasteiger partial charge in [0.25, 0.3) is 0 Å². The van der Waals surface area contributed by atoms with Gasteiger partial charge in [-0.1, -0.05) is 29.8 Å². The lowest BCUT2D eigenvalue weighted by Crippen LogP contribution is -2.41. The van der Waals surface area contributed by atoms with Crippen LogP contribution in [0.2, 0.25) is 0 Å². The second kappa shape index (κ2) is 7.12. The third kappa shape index (κ3) is 3.59. The maximum Gasteiger partial charge on any atom is 0.200 e. The predicted octanol–water partition coefficient (Wildman–Crippen LogP) is 1.31. The minimum atomic E-state index is 0.260. The molecule has 0 amide bonds. The molecule has 3 aromatic rings. The fourth-order valence-electron chi connectivity index (χ4n) is 3.08. The van der Waals surface area contributed by atoms with Gasteiger partial charge in [0.2, 0.25) is 0 Å². The van der Waals surface area contributed by atoms with Crippen molar-refractivity contribution in [2.24, 2.45) is 0 Å². The van der Waals surface area contributed by atoms with Crippen LogP contribution >= 0.6 is 0 Å². The maximum atomic E-state index is 5.51. The molecule has 4 rings (SSSR count). The summed E-state index contributed by atoms with van der Waals surface area (Å²) < 4.78 is 6.94. The van der Waals surface area contributed by atoms with E-state index in [0.717, 1.165) is 38.7 Å². The Morgan fingerprint density at radius 1 is 1.12 bits per heavy atom. The van der Waals surface area contributed by atoms with E-state index in [2.05, 4.69) is 62.0 Å². The molecule has 0 saturated carbocycles. The highest BCUT2D eigenvalue weighted by Gasteiger charge is 2.22. The Kier molecular flexibility index (Phi) is 4.53. The molecule has 1 saturated heterocycles. The topological polar surface area (TPSA) is 80.5 Å². The van der Waals surface area contributed by atoms with Crippen LogP contribution in [0.4, 0.5) is 5.82 Å². The largest absolute Gasteiger partial charge is 0.379 e. The number of benzene rings is 1. The van der Waals surface area contributed by atoms with Gasteiger partial charge in [-0.25, -0.2) is 0 Å². The molecule has 1 aliphatic rings. The standard InChI is InChI=1S/C17H21N7O/c1-13-2-4-14(5-3-13)15(23-8-10-25-11-9-23)12-18-16-6-7-17-19-21-22-24(17)20-16/h2-7,15H,8-12H2,1H3,(H,18,20). The number of hydrogen-bond acceptors (Lipinski definition) is 7. The van der Waals surface area contributed by atoms with Crippen LogP contribution in [0.1, 0.15) is 17.2 Å². The van der Waals surface area contributed by atoms with Gasteiger partial charge >= 0.3 is 0 Å². The number of morpholine rings is 1. The molecule has 8 heteroatoms. The molecule has 25 heavy (non-hydrogen) atoms. The van der Waals surface area contributed by atoms with Crippen LogP contribution in [0.3, 0.4) is 0 Å². The van der Waals surface area contributed by atoms with E-state index in [9.17, 15) is 0 Å². The molecule has 2 aromatic heterocycles. The van der Waals surface area contributed by atoms with E-state index in [4.69, 9.17) is 4.74 Å². The summed E-state index contributed by atoms with van der Waals surface area (Å²) in [7, 11) is 0. The van der Waals surface area contributed by atoms with Gasteiger partial charge in [0.15, 0.2) is 5.65 Å². The van der Waals surface area contributed by atoms with Crippen molar-refractivity contribution < 1.29 is 4.74 Å².